The number of aryl methyl sites for hydroxylation is 1. The molecule has 3 saturated heterocycles. The van der Waals surface area contributed by atoms with Crippen molar-refractivity contribution in [3.8, 4) is 28.7 Å². The number of anilines is 2. The van der Waals surface area contributed by atoms with Crippen molar-refractivity contribution in [3.63, 3.8) is 0 Å². The van der Waals surface area contributed by atoms with Gasteiger partial charge in [0.15, 0.2) is 5.60 Å². The number of amides is 8. The molecule has 117 heavy (non-hydrogen) atoms. The number of pyridine rings is 1. The van der Waals surface area contributed by atoms with Crippen LogP contribution in [0.15, 0.2) is 170 Å². The zero-order chi connectivity index (χ0) is 82.3. The predicted molar refractivity (Wildman–Crippen MR) is 438 cm³/mol. The summed E-state index contributed by atoms with van der Waals surface area (Å²) in [7, 11) is 3.16. The van der Waals surface area contributed by atoms with E-state index in [4.69, 9.17) is 28.9 Å². The molecule has 7 heterocycles. The van der Waals surface area contributed by atoms with E-state index in [2.05, 4.69) is 60.9 Å². The Morgan fingerprint density at radius 3 is 2.04 bits per heavy atom. The first-order chi connectivity index (χ1) is 56.6. The van der Waals surface area contributed by atoms with Crippen LogP contribution in [0.5, 0.6) is 5.75 Å². The van der Waals surface area contributed by atoms with E-state index in [1.807, 2.05) is 115 Å². The van der Waals surface area contributed by atoms with E-state index >= 15 is 0 Å². The van der Waals surface area contributed by atoms with E-state index in [9.17, 15) is 63.3 Å². The second-order valence-corrected chi connectivity index (χ2v) is 31.7. The lowest BCUT2D eigenvalue weighted by atomic mass is 9.87. The molecule has 1 aliphatic carbocycles. The number of carboxylic acids is 2. The molecule has 4 fully saturated rings. The van der Waals surface area contributed by atoms with E-state index in [0.29, 0.717) is 63.7 Å². The Morgan fingerprint density at radius 2 is 1.39 bits per heavy atom. The number of nitrogens with one attached hydrogen (secondary N) is 5. The summed E-state index contributed by atoms with van der Waals surface area (Å²) in [5.41, 5.74) is 3.52. The molecule has 8 amide bonds. The average Bonchev–Trinajstić information content (AvgIpc) is 1.53. The molecule has 13 rings (SSSR count). The standard InChI is InChI=1S/C85H93N13O17S2/c1-84(34-41-94(42-35-84)57-30-38-95(39-31-57)82-91-64-25-22-55(63-51-93(2)79(108)73-61(63)29-37-86-73)49-62(64)76(92-82)85(52-99,115-58-23-24-58)56-15-7-4-8-16-56)88-36-13-14-54-21-27-68(112-3)67(48-54)96-40-32-70(101)98(83(96)111)53-87-77(106)66(50-72(104)105)90-78(107)65(26-28-71(102)103)89-69(100)33-44-113-46-47-114-45-43-97-80(109)74(116-59-17-9-5-10-18-59)75(81(97)110)117-60-19-11-6-12-20-60/h4-12,15-22,25,27,29,37,48-49,51,57-58,65-66,86,88,99H,23-24,26,28,30-36,38-47,50,52-53H2,1-3H3,(H,87,106)(H,89,100)(H,90,107)(H,102,103)(H,104,105)/t65-,66-,85-/m0/s1. The van der Waals surface area contributed by atoms with Gasteiger partial charge in [0.05, 0.1) is 92.5 Å². The molecular weight excluding hydrogens is 1540 g/mol. The summed E-state index contributed by atoms with van der Waals surface area (Å²) < 4.78 is 25.4. The Labute approximate surface area is 683 Å². The Hall–Kier alpha value is -11.3. The summed E-state index contributed by atoms with van der Waals surface area (Å²) in [4.78, 5) is 156. The summed E-state index contributed by atoms with van der Waals surface area (Å²) in [5, 5.41) is 43.3. The van der Waals surface area contributed by atoms with E-state index in [1.165, 1.54) is 35.5 Å². The van der Waals surface area contributed by atoms with Crippen molar-refractivity contribution in [2.75, 3.05) is 102 Å². The van der Waals surface area contributed by atoms with Crippen molar-refractivity contribution in [1.29, 1.82) is 0 Å². The highest BCUT2D eigenvalue weighted by Crippen LogP contribution is 2.45. The van der Waals surface area contributed by atoms with E-state index in [0.717, 1.165) is 98.7 Å². The van der Waals surface area contributed by atoms with E-state index < -0.39 is 97.0 Å². The second-order valence-electron chi connectivity index (χ2n) is 29.5. The first-order valence-electron chi connectivity index (χ1n) is 39.0. The van der Waals surface area contributed by atoms with Crippen LogP contribution in [0.25, 0.3) is 32.9 Å². The third kappa shape index (κ3) is 20.2. The molecule has 5 aromatic carbocycles. The van der Waals surface area contributed by atoms with Crippen LogP contribution in [0.1, 0.15) is 94.4 Å². The fourth-order valence-corrected chi connectivity index (χ4v) is 16.9. The minimum absolute atomic E-state index is 0.0103. The van der Waals surface area contributed by atoms with Gasteiger partial charge in [-0.25, -0.2) is 19.7 Å². The molecule has 4 aliphatic heterocycles. The molecule has 0 radical (unpaired) electrons. The van der Waals surface area contributed by atoms with Gasteiger partial charge in [0.25, 0.3) is 17.4 Å². The molecule has 0 bridgehead atoms. The van der Waals surface area contributed by atoms with E-state index in [1.54, 1.807) is 36.0 Å². The fourth-order valence-electron chi connectivity index (χ4n) is 14.8. The van der Waals surface area contributed by atoms with Gasteiger partial charge in [-0.1, -0.05) is 108 Å². The topological polar surface area (TPSA) is 379 Å². The molecule has 5 aliphatic rings. The summed E-state index contributed by atoms with van der Waals surface area (Å²) in [6, 6.07) is 37.4. The smallest absolute Gasteiger partial charge is 0.332 e. The average molecular weight is 1630 g/mol. The van der Waals surface area contributed by atoms with Crippen LogP contribution in [-0.4, -0.2) is 225 Å². The number of carboxylic acid groups (broad SMARTS) is 2. The highest BCUT2D eigenvalue weighted by molar-refractivity contribution is 8.08. The highest BCUT2D eigenvalue weighted by Gasteiger charge is 2.45. The lowest BCUT2D eigenvalue weighted by molar-refractivity contribution is -0.142. The van der Waals surface area contributed by atoms with E-state index in [-0.39, 0.29) is 87.6 Å². The molecule has 32 heteroatoms. The molecule has 3 atom stereocenters. The minimum atomic E-state index is -1.83. The minimum Gasteiger partial charge on any atom is -0.495 e. The van der Waals surface area contributed by atoms with Crippen LogP contribution >= 0.6 is 23.5 Å². The number of methoxy groups -OCH3 is 1. The number of likely N-dealkylation sites (tertiary alicyclic amines) is 1. The summed E-state index contributed by atoms with van der Waals surface area (Å²) in [6.45, 7) is 4.36. The number of carbonyl (C=O) groups excluding carboxylic acids is 7. The van der Waals surface area contributed by atoms with Crippen molar-refractivity contribution in [3.05, 3.63) is 183 Å². The normalized spacial score (nSPS) is 17.1. The molecule has 30 nitrogen and oxygen atoms in total. The van der Waals surface area contributed by atoms with Gasteiger partial charge in [-0.15, -0.1) is 0 Å². The van der Waals surface area contributed by atoms with Crippen molar-refractivity contribution in [2.24, 2.45) is 7.05 Å². The van der Waals surface area contributed by atoms with Crippen molar-refractivity contribution in [1.82, 2.24) is 55.5 Å². The third-order valence-corrected chi connectivity index (χ3v) is 23.8. The number of fused-ring (bicyclic) bond motifs is 2. The maximum absolute atomic E-state index is 14.3. The number of aliphatic hydroxyl groups excluding tert-OH is 1. The molecule has 612 valence electrons. The SMILES string of the molecule is COc1ccc(C#CCNC2(C)CCN(C3CCN(c4nc([C@@](CO)(OC5CC5)c5ccccc5)c5cc(-c6cn(C)c(=O)c7[nH]ccc67)ccc5n4)CC3)CC2)cc1N1CCC(=O)N(CNC(=O)[C@H](CC(=O)O)NC(=O)[C@H](CCC(=O)O)NC(=O)CCOCCOCCN2C(=O)C(Sc3ccccc3)=C(Sc3ccccc3)C2=O)C1=O. The van der Waals surface area contributed by atoms with Crippen molar-refractivity contribution in [2.45, 2.75) is 123 Å². The number of urea groups is 1. The number of imide groups is 2. The highest BCUT2D eigenvalue weighted by atomic mass is 32.2. The van der Waals surface area contributed by atoms with Gasteiger partial charge in [0, 0.05) is 115 Å². The molecule has 1 saturated carbocycles. The number of carbonyl (C=O) groups is 9. The van der Waals surface area contributed by atoms with Crippen LogP contribution in [0.4, 0.5) is 16.4 Å². The quantitative estimate of drug-likeness (QED) is 0.0107. The molecule has 0 unspecified atom stereocenters. The lowest BCUT2D eigenvalue weighted by Crippen LogP contribution is -2.58. The largest absolute Gasteiger partial charge is 0.495 e. The van der Waals surface area contributed by atoms with Gasteiger partial charge in [-0.2, -0.15) is 0 Å². The number of hydrogen-bond acceptors (Lipinski definition) is 22. The van der Waals surface area contributed by atoms with Crippen molar-refractivity contribution >= 4 is 110 Å². The number of nitrogens with zero attached hydrogens (tertiary/aromatic N) is 8. The van der Waals surface area contributed by atoms with Gasteiger partial charge in [-0.3, -0.25) is 53.0 Å². The Bertz CT molecular complexity index is 5110. The fraction of sp³-hybridized carbons (Fsp3) is 0.388. The summed E-state index contributed by atoms with van der Waals surface area (Å²) in [6.07, 6.45) is 6.30. The molecule has 8 N–H and O–H groups in total. The monoisotopic (exact) mass is 1630 g/mol. The number of aromatic amines is 1. The zero-order valence-electron chi connectivity index (χ0n) is 65.1. The van der Waals surface area contributed by atoms with Gasteiger partial charge in [-0.05, 0) is 124 Å². The van der Waals surface area contributed by atoms with Crippen LogP contribution in [0.3, 0.4) is 0 Å². The number of aliphatic hydroxyl groups is 1. The number of thioether (sulfide) groups is 2. The molecular formula is C85H93N13O17S2. The maximum Gasteiger partial charge on any atom is 0.332 e. The van der Waals surface area contributed by atoms with Gasteiger partial charge in [0.2, 0.25) is 29.6 Å². The van der Waals surface area contributed by atoms with Crippen LogP contribution < -0.4 is 41.4 Å². The Balaban J connectivity index is 0.568. The Morgan fingerprint density at radius 1 is 0.718 bits per heavy atom. The predicted octanol–water partition coefficient (Wildman–Crippen LogP) is 7.49. The number of aromatic nitrogens is 4. The third-order valence-electron chi connectivity index (χ3n) is 21.4. The number of piperidine rings is 2. The van der Waals surface area contributed by atoms with Gasteiger partial charge in [0.1, 0.15) is 30.0 Å². The van der Waals surface area contributed by atoms with Crippen LogP contribution in [-0.2, 0) is 65.2 Å². The van der Waals surface area contributed by atoms with Gasteiger partial charge >= 0.3 is 18.0 Å². The molecule has 0 spiro atoms. The molecule has 3 aromatic heterocycles. The first-order valence-corrected chi connectivity index (χ1v) is 40.6. The van der Waals surface area contributed by atoms with Crippen LogP contribution in [0.2, 0.25) is 0 Å². The van der Waals surface area contributed by atoms with Crippen LogP contribution in [0, 0.1) is 11.8 Å². The first kappa shape index (κ1) is 83.7. The number of hydrogen-bond donors (Lipinski definition) is 8. The number of H-pyrrole nitrogens is 1. The number of aliphatic carboxylic acids is 2. The lowest BCUT2D eigenvalue weighted by Gasteiger charge is -2.45. The number of ether oxygens (including phenoxy) is 4. The Kier molecular flexibility index (Phi) is 27.3. The maximum atomic E-state index is 14.3. The van der Waals surface area contributed by atoms with Crippen molar-refractivity contribution < 1.29 is 77.4 Å². The summed E-state index contributed by atoms with van der Waals surface area (Å²) in [5.74, 6) is -0.0377. The number of benzene rings is 5. The molecule has 8 aromatic rings. The second kappa shape index (κ2) is 38.2. The number of rotatable bonds is 36. The zero-order valence-corrected chi connectivity index (χ0v) is 66.7. The summed E-state index contributed by atoms with van der Waals surface area (Å²) >= 11 is 2.42. The van der Waals surface area contributed by atoms with Gasteiger partial charge < -0.3 is 74.9 Å².